The van der Waals surface area contributed by atoms with E-state index in [1.54, 1.807) is 6.07 Å². The number of nitrogen functional groups attached to an aromatic ring is 1. The van der Waals surface area contributed by atoms with Gasteiger partial charge in [0.05, 0.1) is 0 Å². The molecule has 0 bridgehead atoms. The largest absolute Gasteiger partial charge is 0.399 e. The van der Waals surface area contributed by atoms with Gasteiger partial charge in [0, 0.05) is 24.1 Å². The normalized spacial score (nSPS) is 10.1. The van der Waals surface area contributed by atoms with Crippen molar-refractivity contribution >= 4 is 17.1 Å². The maximum atomic E-state index is 13.1. The minimum absolute atomic E-state index is 0.236. The summed E-state index contributed by atoms with van der Waals surface area (Å²) in [5, 5.41) is 0. The fraction of sp³-hybridized carbons (Fsp3) is 0.0769. The van der Waals surface area contributed by atoms with Crippen LogP contribution in [-0.2, 0) is 0 Å². The van der Waals surface area contributed by atoms with Gasteiger partial charge in [-0.1, -0.05) is 6.07 Å². The van der Waals surface area contributed by atoms with Gasteiger partial charge in [0.25, 0.3) is 0 Å². The lowest BCUT2D eigenvalue weighted by Crippen LogP contribution is -2.09. The van der Waals surface area contributed by atoms with Gasteiger partial charge in [-0.15, -0.1) is 0 Å². The van der Waals surface area contributed by atoms with Crippen LogP contribution in [0.4, 0.5) is 21.5 Å². The first-order chi connectivity index (χ1) is 7.66. The van der Waals surface area contributed by atoms with Crippen molar-refractivity contribution in [3.63, 3.8) is 0 Å². The Bertz CT molecular complexity index is 480. The maximum Gasteiger partial charge on any atom is 0.125 e. The number of halogens is 1. The van der Waals surface area contributed by atoms with Gasteiger partial charge in [-0.3, -0.25) is 0 Å². The third-order valence-electron chi connectivity index (χ3n) is 2.48. The summed E-state index contributed by atoms with van der Waals surface area (Å²) in [6.45, 7) is 0. The molecule has 0 amide bonds. The first kappa shape index (κ1) is 10.5. The van der Waals surface area contributed by atoms with E-state index in [-0.39, 0.29) is 5.82 Å². The smallest absolute Gasteiger partial charge is 0.125 e. The van der Waals surface area contributed by atoms with Crippen molar-refractivity contribution in [3.8, 4) is 0 Å². The van der Waals surface area contributed by atoms with Gasteiger partial charge >= 0.3 is 0 Å². The average Bonchev–Trinajstić information content (AvgIpc) is 2.29. The van der Waals surface area contributed by atoms with E-state index in [4.69, 9.17) is 5.73 Å². The molecule has 0 aliphatic rings. The zero-order valence-corrected chi connectivity index (χ0v) is 9.02. The summed E-state index contributed by atoms with van der Waals surface area (Å²) < 4.78 is 13.1. The van der Waals surface area contributed by atoms with Crippen LogP contribution in [-0.4, -0.2) is 7.05 Å². The van der Waals surface area contributed by atoms with Crippen LogP contribution in [0.2, 0.25) is 0 Å². The van der Waals surface area contributed by atoms with Crippen molar-refractivity contribution in [3.05, 3.63) is 54.3 Å². The van der Waals surface area contributed by atoms with Crippen LogP contribution in [0, 0.1) is 5.82 Å². The lowest BCUT2D eigenvalue weighted by molar-refractivity contribution is 0.628. The van der Waals surface area contributed by atoms with Crippen molar-refractivity contribution in [1.29, 1.82) is 0 Å². The summed E-state index contributed by atoms with van der Waals surface area (Å²) in [6.07, 6.45) is 0. The molecule has 2 aromatic rings. The Morgan fingerprint density at radius 3 is 2.31 bits per heavy atom. The van der Waals surface area contributed by atoms with Crippen molar-refractivity contribution in [2.24, 2.45) is 0 Å². The third-order valence-corrected chi connectivity index (χ3v) is 2.48. The molecule has 0 radical (unpaired) electrons. The lowest BCUT2D eigenvalue weighted by atomic mass is 10.2. The van der Waals surface area contributed by atoms with Gasteiger partial charge in [-0.25, -0.2) is 4.39 Å². The molecule has 2 N–H and O–H groups in total. The quantitative estimate of drug-likeness (QED) is 0.781. The minimum atomic E-state index is -0.236. The highest BCUT2D eigenvalue weighted by molar-refractivity contribution is 5.64. The summed E-state index contributed by atoms with van der Waals surface area (Å²) in [5.74, 6) is -0.236. The van der Waals surface area contributed by atoms with E-state index < -0.39 is 0 Å². The van der Waals surface area contributed by atoms with E-state index in [1.807, 2.05) is 42.3 Å². The SMILES string of the molecule is CN(c1ccc(N)cc1)c1cccc(F)c1. The molecule has 2 aromatic carbocycles. The first-order valence-electron chi connectivity index (χ1n) is 5.01. The molecule has 82 valence electrons. The molecular weight excluding hydrogens is 203 g/mol. The van der Waals surface area contributed by atoms with Gasteiger partial charge in [0.15, 0.2) is 0 Å². The molecule has 16 heavy (non-hydrogen) atoms. The van der Waals surface area contributed by atoms with Gasteiger partial charge in [0.1, 0.15) is 5.82 Å². The summed E-state index contributed by atoms with van der Waals surface area (Å²) in [5.41, 5.74) is 8.11. The summed E-state index contributed by atoms with van der Waals surface area (Å²) >= 11 is 0. The van der Waals surface area contributed by atoms with Crippen LogP contribution < -0.4 is 10.6 Å². The number of nitrogens with two attached hydrogens (primary N) is 1. The zero-order chi connectivity index (χ0) is 11.5. The van der Waals surface area contributed by atoms with E-state index in [2.05, 4.69) is 0 Å². The van der Waals surface area contributed by atoms with Crippen molar-refractivity contribution < 1.29 is 4.39 Å². The third kappa shape index (κ3) is 2.14. The molecule has 0 aliphatic heterocycles. The number of benzene rings is 2. The fourth-order valence-electron chi connectivity index (χ4n) is 1.53. The second-order valence-electron chi connectivity index (χ2n) is 3.63. The van der Waals surface area contributed by atoms with E-state index in [0.29, 0.717) is 0 Å². The molecule has 0 atom stereocenters. The van der Waals surface area contributed by atoms with E-state index in [9.17, 15) is 4.39 Å². The maximum absolute atomic E-state index is 13.1. The van der Waals surface area contributed by atoms with E-state index in [1.165, 1.54) is 12.1 Å². The number of nitrogens with zero attached hydrogens (tertiary/aromatic N) is 1. The Hall–Kier alpha value is -2.03. The predicted octanol–water partition coefficient (Wildman–Crippen LogP) is 3.18. The molecule has 0 aliphatic carbocycles. The highest BCUT2D eigenvalue weighted by Crippen LogP contribution is 2.24. The van der Waals surface area contributed by atoms with Crippen LogP contribution in [0.25, 0.3) is 0 Å². The van der Waals surface area contributed by atoms with Gasteiger partial charge in [0.2, 0.25) is 0 Å². The fourth-order valence-corrected chi connectivity index (χ4v) is 1.53. The lowest BCUT2D eigenvalue weighted by Gasteiger charge is -2.19. The monoisotopic (exact) mass is 216 g/mol. The molecular formula is C13H13FN2. The second-order valence-corrected chi connectivity index (χ2v) is 3.63. The van der Waals surface area contributed by atoms with Gasteiger partial charge in [-0.2, -0.15) is 0 Å². The highest BCUT2D eigenvalue weighted by atomic mass is 19.1. The van der Waals surface area contributed by atoms with Crippen molar-refractivity contribution in [2.45, 2.75) is 0 Å². The molecule has 0 heterocycles. The minimum Gasteiger partial charge on any atom is -0.399 e. The molecule has 2 rings (SSSR count). The second kappa shape index (κ2) is 4.23. The molecule has 0 saturated carbocycles. The predicted molar refractivity (Wildman–Crippen MR) is 65.3 cm³/mol. The van der Waals surface area contributed by atoms with Gasteiger partial charge in [-0.05, 0) is 42.5 Å². The van der Waals surface area contributed by atoms with Crippen LogP contribution in [0.1, 0.15) is 0 Å². The summed E-state index contributed by atoms with van der Waals surface area (Å²) in [7, 11) is 1.89. The summed E-state index contributed by atoms with van der Waals surface area (Å²) in [4.78, 5) is 1.91. The Balaban J connectivity index is 2.31. The molecule has 0 unspecified atom stereocenters. The van der Waals surface area contributed by atoms with Crippen LogP contribution >= 0.6 is 0 Å². The Kier molecular flexibility index (Phi) is 2.77. The molecule has 0 fully saturated rings. The number of hydrogen-bond acceptors (Lipinski definition) is 2. The number of rotatable bonds is 2. The van der Waals surface area contributed by atoms with Crippen LogP contribution in [0.3, 0.4) is 0 Å². The molecule has 0 spiro atoms. The molecule has 2 nitrogen and oxygen atoms in total. The van der Waals surface area contributed by atoms with E-state index in [0.717, 1.165) is 17.1 Å². The van der Waals surface area contributed by atoms with E-state index >= 15 is 0 Å². The zero-order valence-electron chi connectivity index (χ0n) is 9.02. The van der Waals surface area contributed by atoms with Gasteiger partial charge < -0.3 is 10.6 Å². The van der Waals surface area contributed by atoms with Crippen LogP contribution in [0.15, 0.2) is 48.5 Å². The average molecular weight is 216 g/mol. The standard InChI is InChI=1S/C13H13FN2/c1-16(12-7-5-11(15)6-8-12)13-4-2-3-10(14)9-13/h2-9H,15H2,1H3. The Morgan fingerprint density at radius 1 is 1.00 bits per heavy atom. The first-order valence-corrected chi connectivity index (χ1v) is 5.01. The Morgan fingerprint density at radius 2 is 1.69 bits per heavy atom. The summed E-state index contributed by atoms with van der Waals surface area (Å²) in [6, 6.07) is 13.9. The number of hydrogen-bond donors (Lipinski definition) is 1. The Labute approximate surface area is 94.1 Å². The molecule has 3 heteroatoms. The molecule has 0 saturated heterocycles. The van der Waals surface area contributed by atoms with Crippen molar-refractivity contribution in [1.82, 2.24) is 0 Å². The highest BCUT2D eigenvalue weighted by Gasteiger charge is 2.03. The van der Waals surface area contributed by atoms with Crippen LogP contribution in [0.5, 0.6) is 0 Å². The number of anilines is 3. The molecule has 0 aromatic heterocycles. The topological polar surface area (TPSA) is 29.3 Å². The van der Waals surface area contributed by atoms with Crippen molar-refractivity contribution in [2.75, 3.05) is 17.7 Å².